The van der Waals surface area contributed by atoms with Gasteiger partial charge in [-0.2, -0.15) is 8.78 Å². The molecule has 1 aliphatic rings. The van der Waals surface area contributed by atoms with E-state index in [1.165, 1.54) is 18.2 Å². The van der Waals surface area contributed by atoms with Gasteiger partial charge >= 0.3 is 6.61 Å². The first-order chi connectivity index (χ1) is 14.0. The third-order valence-electron chi connectivity index (χ3n) is 4.44. The van der Waals surface area contributed by atoms with E-state index >= 15 is 0 Å². The molecule has 2 rings (SSSR count). The van der Waals surface area contributed by atoms with Gasteiger partial charge in [0, 0.05) is 58.1 Å². The van der Waals surface area contributed by atoms with Gasteiger partial charge in [-0.3, -0.25) is 14.5 Å². The van der Waals surface area contributed by atoms with Crippen molar-refractivity contribution in [2.75, 3.05) is 53.0 Å². The Labute approximate surface area is 169 Å². The van der Waals surface area contributed by atoms with Crippen LogP contribution in [0, 0.1) is 0 Å². The zero-order valence-corrected chi connectivity index (χ0v) is 16.5. The molecule has 160 valence electrons. The molecule has 1 heterocycles. The molecule has 0 atom stereocenters. The summed E-state index contributed by atoms with van der Waals surface area (Å²) in [7, 11) is 1.62. The maximum absolute atomic E-state index is 12.5. The van der Waals surface area contributed by atoms with Crippen LogP contribution in [0.4, 0.5) is 8.78 Å². The van der Waals surface area contributed by atoms with Crippen molar-refractivity contribution in [1.29, 1.82) is 0 Å². The van der Waals surface area contributed by atoms with E-state index in [4.69, 9.17) is 4.74 Å². The zero-order chi connectivity index (χ0) is 21.1. The highest BCUT2D eigenvalue weighted by Crippen LogP contribution is 2.21. The van der Waals surface area contributed by atoms with Crippen molar-refractivity contribution in [2.24, 2.45) is 0 Å². The largest absolute Gasteiger partial charge is 0.434 e. The van der Waals surface area contributed by atoms with Crippen molar-refractivity contribution < 1.29 is 27.8 Å². The molecule has 0 spiro atoms. The van der Waals surface area contributed by atoms with Gasteiger partial charge in [0.05, 0.1) is 6.54 Å². The minimum absolute atomic E-state index is 0.0212. The molecular weight excluding hydrogens is 384 g/mol. The van der Waals surface area contributed by atoms with Crippen LogP contribution in [0.1, 0.15) is 12.0 Å². The molecule has 0 saturated carbocycles. The lowest BCUT2D eigenvalue weighted by molar-refractivity contribution is -0.128. The third-order valence-corrected chi connectivity index (χ3v) is 4.44. The highest BCUT2D eigenvalue weighted by atomic mass is 19.3. The molecule has 9 heteroatoms. The molecule has 0 unspecified atom stereocenters. The zero-order valence-electron chi connectivity index (χ0n) is 16.5. The predicted octanol–water partition coefficient (Wildman–Crippen LogP) is 1.60. The van der Waals surface area contributed by atoms with E-state index in [1.807, 2.05) is 4.90 Å². The van der Waals surface area contributed by atoms with Crippen LogP contribution in [0.15, 0.2) is 30.3 Å². The lowest BCUT2D eigenvalue weighted by atomic mass is 10.2. The third kappa shape index (κ3) is 8.16. The summed E-state index contributed by atoms with van der Waals surface area (Å²) in [6.45, 7) is 0.727. The van der Waals surface area contributed by atoms with Crippen molar-refractivity contribution in [3.8, 4) is 5.75 Å². The van der Waals surface area contributed by atoms with Crippen LogP contribution >= 0.6 is 0 Å². The first kappa shape index (κ1) is 22.8. The fourth-order valence-electron chi connectivity index (χ4n) is 2.92. The van der Waals surface area contributed by atoms with Gasteiger partial charge in [-0.1, -0.05) is 18.2 Å². The first-order valence-corrected chi connectivity index (χ1v) is 9.48. The minimum atomic E-state index is -2.93. The monoisotopic (exact) mass is 411 g/mol. The van der Waals surface area contributed by atoms with Crippen LogP contribution in [-0.4, -0.2) is 81.2 Å². The highest BCUT2D eigenvalue weighted by Gasteiger charge is 2.21. The lowest BCUT2D eigenvalue weighted by Gasteiger charge is -2.33. The molecule has 2 amide bonds. The standard InChI is InChI=1S/C20H27F2N3O4/c1-28-14-4-9-23-18(26)15-24-10-12-25(13-11-24)19(27)8-7-16-5-2-3-6-17(16)29-20(21)22/h2-3,5-8,20H,4,9-15H2,1H3,(H,23,26)/b8-7+. The van der Waals surface area contributed by atoms with E-state index in [-0.39, 0.29) is 17.6 Å². The van der Waals surface area contributed by atoms with Crippen LogP contribution in [-0.2, 0) is 14.3 Å². The number of para-hydroxylation sites is 1. The van der Waals surface area contributed by atoms with Crippen LogP contribution in [0.3, 0.4) is 0 Å². The van der Waals surface area contributed by atoms with Gasteiger partial charge in [0.15, 0.2) is 0 Å². The second kappa shape index (κ2) is 12.1. The number of halogens is 2. The Hall–Kier alpha value is -2.52. The highest BCUT2D eigenvalue weighted by molar-refractivity contribution is 5.92. The van der Waals surface area contributed by atoms with Gasteiger partial charge in [-0.05, 0) is 18.6 Å². The Balaban J connectivity index is 1.77. The van der Waals surface area contributed by atoms with E-state index in [0.29, 0.717) is 51.4 Å². The number of methoxy groups -OCH3 is 1. The maximum atomic E-state index is 12.5. The molecular formula is C20H27F2N3O4. The Morgan fingerprint density at radius 2 is 1.93 bits per heavy atom. The summed E-state index contributed by atoms with van der Waals surface area (Å²) in [6, 6.07) is 6.30. The number of carbonyl (C=O) groups excluding carboxylic acids is 2. The van der Waals surface area contributed by atoms with Crippen molar-refractivity contribution in [3.63, 3.8) is 0 Å². The van der Waals surface area contributed by atoms with Crippen molar-refractivity contribution in [2.45, 2.75) is 13.0 Å². The van der Waals surface area contributed by atoms with Crippen LogP contribution < -0.4 is 10.1 Å². The number of amides is 2. The van der Waals surface area contributed by atoms with Crippen molar-refractivity contribution in [1.82, 2.24) is 15.1 Å². The summed E-state index contributed by atoms with van der Waals surface area (Å²) in [5, 5.41) is 2.84. The quantitative estimate of drug-likeness (QED) is 0.468. The fraction of sp³-hybridized carbons (Fsp3) is 0.500. The molecule has 29 heavy (non-hydrogen) atoms. The molecule has 0 aromatic heterocycles. The number of alkyl halides is 2. The SMILES string of the molecule is COCCCNC(=O)CN1CCN(C(=O)/C=C/c2ccccc2OC(F)F)CC1. The molecule has 0 radical (unpaired) electrons. The number of nitrogens with zero attached hydrogens (tertiary/aromatic N) is 2. The molecule has 1 aromatic rings. The van der Waals surface area contributed by atoms with E-state index < -0.39 is 6.61 Å². The Morgan fingerprint density at radius 1 is 1.21 bits per heavy atom. The first-order valence-electron chi connectivity index (χ1n) is 9.48. The molecule has 0 bridgehead atoms. The second-order valence-electron chi connectivity index (χ2n) is 6.55. The van der Waals surface area contributed by atoms with Crippen molar-refractivity contribution in [3.05, 3.63) is 35.9 Å². The summed E-state index contributed by atoms with van der Waals surface area (Å²) < 4.78 is 34.3. The van der Waals surface area contributed by atoms with E-state index in [9.17, 15) is 18.4 Å². The molecule has 1 aliphatic heterocycles. The average molecular weight is 411 g/mol. The molecule has 1 N–H and O–H groups in total. The Morgan fingerprint density at radius 3 is 2.62 bits per heavy atom. The second-order valence-corrected chi connectivity index (χ2v) is 6.55. The summed E-state index contributed by atoms with van der Waals surface area (Å²) in [6.07, 6.45) is 3.59. The normalized spacial score (nSPS) is 15.1. The number of carbonyl (C=O) groups is 2. The Bertz CT molecular complexity index is 692. The molecule has 1 aromatic carbocycles. The fourth-order valence-corrected chi connectivity index (χ4v) is 2.92. The minimum Gasteiger partial charge on any atom is -0.434 e. The van der Waals surface area contributed by atoms with E-state index in [2.05, 4.69) is 10.1 Å². The van der Waals surface area contributed by atoms with Gasteiger partial charge in [0.2, 0.25) is 11.8 Å². The van der Waals surface area contributed by atoms with Gasteiger partial charge in [-0.15, -0.1) is 0 Å². The van der Waals surface area contributed by atoms with Crippen LogP contribution in [0.25, 0.3) is 6.08 Å². The average Bonchev–Trinajstić information content (AvgIpc) is 2.70. The summed E-state index contributed by atoms with van der Waals surface area (Å²) in [5.41, 5.74) is 0.407. The van der Waals surface area contributed by atoms with Crippen LogP contribution in [0.5, 0.6) is 5.75 Å². The topological polar surface area (TPSA) is 71.1 Å². The van der Waals surface area contributed by atoms with E-state index in [0.717, 1.165) is 6.42 Å². The molecule has 7 nitrogen and oxygen atoms in total. The predicted molar refractivity (Wildman–Crippen MR) is 105 cm³/mol. The van der Waals surface area contributed by atoms with Gasteiger partial charge in [-0.25, -0.2) is 0 Å². The smallest absolute Gasteiger partial charge is 0.387 e. The number of nitrogens with one attached hydrogen (secondary N) is 1. The van der Waals surface area contributed by atoms with Gasteiger partial charge in [0.25, 0.3) is 0 Å². The molecule has 1 fully saturated rings. The summed E-state index contributed by atoms with van der Waals surface area (Å²) >= 11 is 0. The maximum Gasteiger partial charge on any atom is 0.387 e. The molecule has 0 aliphatic carbocycles. The Kier molecular flexibility index (Phi) is 9.52. The summed E-state index contributed by atoms with van der Waals surface area (Å²) in [4.78, 5) is 27.9. The lowest BCUT2D eigenvalue weighted by Crippen LogP contribution is -2.50. The number of hydrogen-bond donors (Lipinski definition) is 1. The van der Waals surface area contributed by atoms with Crippen LogP contribution in [0.2, 0.25) is 0 Å². The number of rotatable bonds is 10. The molecule has 1 saturated heterocycles. The van der Waals surface area contributed by atoms with Gasteiger partial charge in [0.1, 0.15) is 5.75 Å². The van der Waals surface area contributed by atoms with E-state index in [1.54, 1.807) is 30.2 Å². The number of hydrogen-bond acceptors (Lipinski definition) is 5. The summed E-state index contributed by atoms with van der Waals surface area (Å²) in [5.74, 6) is -0.232. The van der Waals surface area contributed by atoms with Crippen molar-refractivity contribution >= 4 is 17.9 Å². The number of piperazine rings is 1. The number of ether oxygens (including phenoxy) is 2. The number of benzene rings is 1. The van der Waals surface area contributed by atoms with Gasteiger partial charge < -0.3 is 19.7 Å².